The molecule has 7 heteroatoms. The maximum absolute atomic E-state index is 12.6. The molecule has 1 atom stereocenters. The van der Waals surface area contributed by atoms with E-state index in [0.29, 0.717) is 13.2 Å². The number of ether oxygens (including phenoxy) is 1. The number of hydrogen-bond donors (Lipinski definition) is 1. The van der Waals surface area contributed by atoms with Gasteiger partial charge in [0.25, 0.3) is 0 Å². The van der Waals surface area contributed by atoms with E-state index >= 15 is 0 Å². The number of H-pyrrole nitrogens is 1. The predicted molar refractivity (Wildman–Crippen MR) is 91.7 cm³/mol. The van der Waals surface area contributed by atoms with E-state index in [4.69, 9.17) is 9.15 Å². The van der Waals surface area contributed by atoms with Crippen molar-refractivity contribution in [3.8, 4) is 11.5 Å². The van der Waals surface area contributed by atoms with E-state index in [1.165, 1.54) is 0 Å². The highest BCUT2D eigenvalue weighted by Gasteiger charge is 2.29. The fourth-order valence-electron chi connectivity index (χ4n) is 3.56. The van der Waals surface area contributed by atoms with E-state index in [-0.39, 0.29) is 11.8 Å². The first-order chi connectivity index (χ1) is 12.3. The number of aromatic nitrogens is 2. The Labute approximate surface area is 146 Å². The topological polar surface area (TPSA) is 74.6 Å². The van der Waals surface area contributed by atoms with Crippen LogP contribution in [0.3, 0.4) is 0 Å². The van der Waals surface area contributed by atoms with Crippen molar-refractivity contribution in [3.63, 3.8) is 0 Å². The van der Waals surface area contributed by atoms with Crippen LogP contribution in [0.25, 0.3) is 11.5 Å². The van der Waals surface area contributed by atoms with Gasteiger partial charge in [-0.05, 0) is 31.0 Å². The van der Waals surface area contributed by atoms with Gasteiger partial charge >= 0.3 is 0 Å². The molecule has 0 aromatic carbocycles. The molecule has 4 rings (SSSR count). The van der Waals surface area contributed by atoms with Crippen LogP contribution in [-0.4, -0.2) is 65.3 Å². The Morgan fingerprint density at radius 2 is 2.20 bits per heavy atom. The number of amides is 1. The van der Waals surface area contributed by atoms with Crippen molar-refractivity contribution in [2.75, 3.05) is 39.4 Å². The minimum absolute atomic E-state index is 0.0635. The van der Waals surface area contributed by atoms with Crippen LogP contribution >= 0.6 is 0 Å². The number of carbonyl (C=O) groups excluding carboxylic acids is 1. The van der Waals surface area contributed by atoms with Crippen molar-refractivity contribution < 1.29 is 13.9 Å². The average Bonchev–Trinajstić information content (AvgIpc) is 3.36. The van der Waals surface area contributed by atoms with Crippen molar-refractivity contribution in [1.29, 1.82) is 0 Å². The molecule has 0 aliphatic carbocycles. The average molecular weight is 344 g/mol. The molecule has 2 aromatic rings. The molecule has 2 saturated heterocycles. The summed E-state index contributed by atoms with van der Waals surface area (Å²) in [6.07, 6.45) is 3.57. The Balaban J connectivity index is 1.33. The molecule has 0 bridgehead atoms. The number of nitrogens with one attached hydrogen (secondary N) is 1. The SMILES string of the molecule is O=C(C1CCOC1)N1CCCN(Cc2ccc(-c3ccn[nH]3)o2)CC1. The van der Waals surface area contributed by atoms with Crippen LogP contribution in [0.4, 0.5) is 0 Å². The first kappa shape index (κ1) is 16.4. The molecule has 0 spiro atoms. The second kappa shape index (κ2) is 7.41. The smallest absolute Gasteiger partial charge is 0.228 e. The van der Waals surface area contributed by atoms with Crippen molar-refractivity contribution in [1.82, 2.24) is 20.0 Å². The summed E-state index contributed by atoms with van der Waals surface area (Å²) in [5.41, 5.74) is 0.887. The zero-order chi connectivity index (χ0) is 17.1. The summed E-state index contributed by atoms with van der Waals surface area (Å²) >= 11 is 0. The third-order valence-corrected chi connectivity index (χ3v) is 4.99. The number of hydrogen-bond acceptors (Lipinski definition) is 5. The highest BCUT2D eigenvalue weighted by molar-refractivity contribution is 5.79. The minimum Gasteiger partial charge on any atom is -0.458 e. The van der Waals surface area contributed by atoms with E-state index < -0.39 is 0 Å². The van der Waals surface area contributed by atoms with Gasteiger partial charge in [0, 0.05) is 39.0 Å². The standard InChI is InChI=1S/C18H24N4O3/c23-18(14-5-11-24-13-14)22-8-1-7-21(9-10-22)12-15-2-3-17(25-15)16-4-6-19-20-16/h2-4,6,14H,1,5,7-13H2,(H,19,20). The summed E-state index contributed by atoms with van der Waals surface area (Å²) < 4.78 is 11.3. The Kier molecular flexibility index (Phi) is 4.85. The van der Waals surface area contributed by atoms with E-state index in [1.807, 2.05) is 23.1 Å². The maximum atomic E-state index is 12.6. The lowest BCUT2D eigenvalue weighted by Gasteiger charge is -2.23. The number of rotatable bonds is 4. The van der Waals surface area contributed by atoms with Gasteiger partial charge in [0.1, 0.15) is 11.5 Å². The van der Waals surface area contributed by atoms with Crippen molar-refractivity contribution in [2.45, 2.75) is 19.4 Å². The largest absolute Gasteiger partial charge is 0.458 e. The van der Waals surface area contributed by atoms with Gasteiger partial charge in [-0.25, -0.2) is 0 Å². The molecule has 0 saturated carbocycles. The Hall–Kier alpha value is -2.12. The normalized spacial score (nSPS) is 22.2. The fourth-order valence-corrected chi connectivity index (χ4v) is 3.56. The zero-order valence-corrected chi connectivity index (χ0v) is 14.3. The lowest BCUT2D eigenvalue weighted by atomic mass is 10.1. The van der Waals surface area contributed by atoms with Gasteiger partial charge in [0.05, 0.1) is 19.1 Å². The van der Waals surface area contributed by atoms with Crippen molar-refractivity contribution in [2.24, 2.45) is 5.92 Å². The molecule has 134 valence electrons. The van der Waals surface area contributed by atoms with Crippen LogP contribution in [0.1, 0.15) is 18.6 Å². The van der Waals surface area contributed by atoms with Crippen LogP contribution in [-0.2, 0) is 16.1 Å². The van der Waals surface area contributed by atoms with Crippen LogP contribution in [0.15, 0.2) is 28.8 Å². The fraction of sp³-hybridized carbons (Fsp3) is 0.556. The highest BCUT2D eigenvalue weighted by atomic mass is 16.5. The second-order valence-corrected chi connectivity index (χ2v) is 6.75. The monoisotopic (exact) mass is 344 g/mol. The quantitative estimate of drug-likeness (QED) is 0.914. The Morgan fingerprint density at radius 1 is 1.24 bits per heavy atom. The van der Waals surface area contributed by atoms with Gasteiger partial charge in [0.2, 0.25) is 5.91 Å². The van der Waals surface area contributed by atoms with Crippen LogP contribution < -0.4 is 0 Å². The molecule has 2 fully saturated rings. The molecule has 2 aliphatic heterocycles. The molecule has 4 heterocycles. The van der Waals surface area contributed by atoms with E-state index in [2.05, 4.69) is 15.1 Å². The Bertz CT molecular complexity index is 691. The lowest BCUT2D eigenvalue weighted by Crippen LogP contribution is -2.39. The van der Waals surface area contributed by atoms with Crippen molar-refractivity contribution in [3.05, 3.63) is 30.2 Å². The van der Waals surface area contributed by atoms with Crippen LogP contribution in [0.2, 0.25) is 0 Å². The summed E-state index contributed by atoms with van der Waals surface area (Å²) in [5.74, 6) is 2.07. The Morgan fingerprint density at radius 3 is 3.00 bits per heavy atom. The van der Waals surface area contributed by atoms with E-state index in [0.717, 1.165) is 62.8 Å². The molecule has 1 amide bonds. The summed E-state index contributed by atoms with van der Waals surface area (Å²) in [7, 11) is 0. The van der Waals surface area contributed by atoms with Crippen LogP contribution in [0, 0.1) is 5.92 Å². The van der Waals surface area contributed by atoms with Crippen molar-refractivity contribution >= 4 is 5.91 Å². The summed E-state index contributed by atoms with van der Waals surface area (Å²) in [5, 5.41) is 6.87. The van der Waals surface area contributed by atoms with Gasteiger partial charge in [-0.3, -0.25) is 14.8 Å². The third kappa shape index (κ3) is 3.77. The number of aromatic amines is 1. The van der Waals surface area contributed by atoms with Gasteiger partial charge in [-0.1, -0.05) is 0 Å². The third-order valence-electron chi connectivity index (χ3n) is 4.99. The highest BCUT2D eigenvalue weighted by Crippen LogP contribution is 2.21. The molecule has 0 radical (unpaired) electrons. The molecular formula is C18H24N4O3. The number of furan rings is 1. The zero-order valence-electron chi connectivity index (χ0n) is 14.3. The number of nitrogens with zero attached hydrogens (tertiary/aromatic N) is 3. The minimum atomic E-state index is 0.0635. The summed E-state index contributed by atoms with van der Waals surface area (Å²) in [6, 6.07) is 5.88. The first-order valence-corrected chi connectivity index (χ1v) is 8.97. The van der Waals surface area contributed by atoms with E-state index in [1.54, 1.807) is 6.20 Å². The first-order valence-electron chi connectivity index (χ1n) is 8.97. The molecule has 2 aliphatic rings. The van der Waals surface area contributed by atoms with Gasteiger partial charge in [-0.2, -0.15) is 5.10 Å². The van der Waals surface area contributed by atoms with Gasteiger partial charge in [0.15, 0.2) is 5.76 Å². The van der Waals surface area contributed by atoms with Gasteiger partial charge < -0.3 is 14.1 Å². The maximum Gasteiger partial charge on any atom is 0.228 e. The molecule has 2 aromatic heterocycles. The summed E-state index contributed by atoms with van der Waals surface area (Å²) in [4.78, 5) is 16.9. The van der Waals surface area contributed by atoms with E-state index in [9.17, 15) is 4.79 Å². The molecule has 1 N–H and O–H groups in total. The lowest BCUT2D eigenvalue weighted by molar-refractivity contribution is -0.135. The second-order valence-electron chi connectivity index (χ2n) is 6.75. The van der Waals surface area contributed by atoms with Crippen LogP contribution in [0.5, 0.6) is 0 Å². The number of carbonyl (C=O) groups is 1. The molecular weight excluding hydrogens is 320 g/mol. The molecule has 25 heavy (non-hydrogen) atoms. The summed E-state index contributed by atoms with van der Waals surface area (Å²) in [6.45, 7) is 5.54. The van der Waals surface area contributed by atoms with Gasteiger partial charge in [-0.15, -0.1) is 0 Å². The molecule has 7 nitrogen and oxygen atoms in total. The molecule has 1 unspecified atom stereocenters. The predicted octanol–water partition coefficient (Wildman–Crippen LogP) is 1.74.